The first-order valence-electron chi connectivity index (χ1n) is 5.19. The minimum Gasteiger partial charge on any atom is -0.470 e. The summed E-state index contributed by atoms with van der Waals surface area (Å²) in [5, 5.41) is 0. The quantitative estimate of drug-likeness (QED) is 0.714. The molecule has 0 saturated heterocycles. The van der Waals surface area contributed by atoms with Crippen LogP contribution in [0.3, 0.4) is 0 Å². The monoisotopic (exact) mass is 233 g/mol. The Balaban J connectivity index is 2.57. The molecular weight excluding hydrogens is 222 g/mol. The molecular formula is C11H11N3O3. The number of pyridine rings is 1. The number of carbonyl (C=O) groups is 1. The van der Waals surface area contributed by atoms with Crippen molar-refractivity contribution in [1.82, 2.24) is 14.5 Å². The molecule has 0 atom stereocenters. The van der Waals surface area contributed by atoms with Crippen molar-refractivity contribution in [2.24, 2.45) is 0 Å². The van der Waals surface area contributed by atoms with Crippen molar-refractivity contribution in [3.63, 3.8) is 0 Å². The Kier molecular flexibility index (Phi) is 3.13. The van der Waals surface area contributed by atoms with Crippen molar-refractivity contribution < 1.29 is 9.53 Å². The van der Waals surface area contributed by atoms with Gasteiger partial charge in [0.05, 0.1) is 6.20 Å². The van der Waals surface area contributed by atoms with Gasteiger partial charge in [-0.3, -0.25) is 14.2 Å². The topological polar surface area (TPSA) is 74.1 Å². The van der Waals surface area contributed by atoms with Gasteiger partial charge in [0.1, 0.15) is 12.1 Å². The first-order valence-corrected chi connectivity index (χ1v) is 5.19. The maximum atomic E-state index is 11.6. The van der Waals surface area contributed by atoms with Gasteiger partial charge in [-0.25, -0.2) is 4.98 Å². The summed E-state index contributed by atoms with van der Waals surface area (Å²) >= 11 is 0. The number of aromatic nitrogens is 3. The van der Waals surface area contributed by atoms with E-state index in [2.05, 4.69) is 9.97 Å². The second-order valence-corrected chi connectivity index (χ2v) is 3.31. The van der Waals surface area contributed by atoms with Gasteiger partial charge in [0.2, 0.25) is 5.88 Å². The average Bonchev–Trinajstić information content (AvgIpc) is 2.36. The normalized spacial score (nSPS) is 10.4. The number of fused-ring (bicyclic) bond motifs is 1. The molecule has 0 aliphatic heterocycles. The Morgan fingerprint density at radius 1 is 1.47 bits per heavy atom. The van der Waals surface area contributed by atoms with Crippen molar-refractivity contribution in [2.75, 3.05) is 6.61 Å². The summed E-state index contributed by atoms with van der Waals surface area (Å²) in [7, 11) is 0. The summed E-state index contributed by atoms with van der Waals surface area (Å²) in [6, 6.07) is 3.32. The number of carbonyl (C=O) groups excluding carboxylic acids is 1. The Morgan fingerprint density at radius 2 is 2.29 bits per heavy atom. The van der Waals surface area contributed by atoms with Gasteiger partial charge in [0, 0.05) is 12.6 Å². The van der Waals surface area contributed by atoms with Gasteiger partial charge in [-0.1, -0.05) is 0 Å². The summed E-state index contributed by atoms with van der Waals surface area (Å²) < 4.78 is 6.58. The number of rotatable bonds is 4. The van der Waals surface area contributed by atoms with Gasteiger partial charge in [0.25, 0.3) is 5.56 Å². The molecule has 0 saturated carbocycles. The summed E-state index contributed by atoms with van der Waals surface area (Å²) in [6.45, 7) is 2.29. The van der Waals surface area contributed by atoms with Crippen LogP contribution < -0.4 is 10.3 Å². The molecule has 0 N–H and O–H groups in total. The van der Waals surface area contributed by atoms with E-state index in [0.29, 0.717) is 29.9 Å². The fourth-order valence-corrected chi connectivity index (χ4v) is 1.53. The number of aryl methyl sites for hydroxylation is 1. The van der Waals surface area contributed by atoms with E-state index in [1.807, 2.05) is 6.92 Å². The predicted molar refractivity (Wildman–Crippen MR) is 61.0 cm³/mol. The second-order valence-electron chi connectivity index (χ2n) is 3.31. The van der Waals surface area contributed by atoms with Crippen LogP contribution in [0.1, 0.15) is 6.92 Å². The summed E-state index contributed by atoms with van der Waals surface area (Å²) in [6.07, 6.45) is 1.90. The third kappa shape index (κ3) is 2.15. The van der Waals surface area contributed by atoms with Crippen LogP contribution in [0.2, 0.25) is 0 Å². The molecule has 0 spiro atoms. The van der Waals surface area contributed by atoms with Crippen LogP contribution in [0.25, 0.3) is 11.2 Å². The smallest absolute Gasteiger partial charge is 0.270 e. The van der Waals surface area contributed by atoms with E-state index >= 15 is 0 Å². The lowest BCUT2D eigenvalue weighted by Crippen LogP contribution is -2.20. The van der Waals surface area contributed by atoms with Gasteiger partial charge in [-0.15, -0.1) is 0 Å². The van der Waals surface area contributed by atoms with Crippen LogP contribution >= 0.6 is 0 Å². The molecule has 0 aliphatic carbocycles. The SMILES string of the molecule is CCn1c(=O)cnc2ccc(OCC=O)nc21. The highest BCUT2D eigenvalue weighted by atomic mass is 16.5. The number of ether oxygens (including phenoxy) is 1. The van der Waals surface area contributed by atoms with E-state index in [9.17, 15) is 9.59 Å². The van der Waals surface area contributed by atoms with Crippen molar-refractivity contribution in [3.8, 4) is 5.88 Å². The van der Waals surface area contributed by atoms with Crippen LogP contribution in [-0.4, -0.2) is 27.4 Å². The molecule has 2 heterocycles. The molecule has 17 heavy (non-hydrogen) atoms. The predicted octanol–water partition coefficient (Wildman–Crippen LogP) is 0.389. The highest BCUT2D eigenvalue weighted by molar-refractivity contribution is 5.70. The fraction of sp³-hybridized carbons (Fsp3) is 0.273. The second kappa shape index (κ2) is 4.73. The standard InChI is InChI=1S/C11H11N3O3/c1-2-14-10(16)7-12-8-3-4-9(13-11(8)14)17-6-5-15/h3-5,7H,2,6H2,1H3. The Labute approximate surface area is 96.9 Å². The highest BCUT2D eigenvalue weighted by Gasteiger charge is 2.05. The molecule has 88 valence electrons. The number of aldehydes is 1. The van der Waals surface area contributed by atoms with Crippen LogP contribution in [0.15, 0.2) is 23.1 Å². The van der Waals surface area contributed by atoms with Gasteiger partial charge in [0.15, 0.2) is 11.9 Å². The minimum atomic E-state index is -0.208. The first kappa shape index (κ1) is 11.3. The van der Waals surface area contributed by atoms with Crippen LogP contribution in [0.5, 0.6) is 5.88 Å². The first-order chi connectivity index (χ1) is 8.26. The molecule has 0 aromatic carbocycles. The highest BCUT2D eigenvalue weighted by Crippen LogP contribution is 2.12. The summed E-state index contributed by atoms with van der Waals surface area (Å²) in [4.78, 5) is 29.9. The van der Waals surface area contributed by atoms with Gasteiger partial charge in [-0.05, 0) is 13.0 Å². The summed E-state index contributed by atoms with van der Waals surface area (Å²) in [5.74, 6) is 0.305. The van der Waals surface area contributed by atoms with Gasteiger partial charge in [-0.2, -0.15) is 4.98 Å². The zero-order valence-corrected chi connectivity index (χ0v) is 9.29. The Bertz CT molecular complexity index is 606. The van der Waals surface area contributed by atoms with Crippen molar-refractivity contribution in [1.29, 1.82) is 0 Å². The molecule has 2 rings (SSSR count). The number of hydrogen-bond acceptors (Lipinski definition) is 5. The lowest BCUT2D eigenvalue weighted by molar-refractivity contribution is -0.109. The fourth-order valence-electron chi connectivity index (χ4n) is 1.53. The molecule has 0 fully saturated rings. The maximum absolute atomic E-state index is 11.6. The molecule has 2 aromatic heterocycles. The molecule has 0 radical (unpaired) electrons. The average molecular weight is 233 g/mol. The molecule has 0 aliphatic rings. The number of hydrogen-bond donors (Lipinski definition) is 0. The minimum absolute atomic E-state index is 0.0604. The zero-order valence-electron chi connectivity index (χ0n) is 9.29. The maximum Gasteiger partial charge on any atom is 0.270 e. The number of nitrogens with zero attached hydrogens (tertiary/aromatic N) is 3. The Morgan fingerprint density at radius 3 is 3.00 bits per heavy atom. The van der Waals surface area contributed by atoms with E-state index in [-0.39, 0.29) is 12.2 Å². The van der Waals surface area contributed by atoms with Crippen LogP contribution in [0.4, 0.5) is 0 Å². The molecule has 0 bridgehead atoms. The molecule has 6 nitrogen and oxygen atoms in total. The molecule has 0 amide bonds. The van der Waals surface area contributed by atoms with E-state index in [4.69, 9.17) is 4.74 Å². The zero-order chi connectivity index (χ0) is 12.3. The van der Waals surface area contributed by atoms with Crippen LogP contribution in [0, 0.1) is 0 Å². The lowest BCUT2D eigenvalue weighted by atomic mass is 10.4. The molecule has 2 aromatic rings. The van der Waals surface area contributed by atoms with Crippen LogP contribution in [-0.2, 0) is 11.3 Å². The van der Waals surface area contributed by atoms with Crippen molar-refractivity contribution in [2.45, 2.75) is 13.5 Å². The molecule has 6 heteroatoms. The van der Waals surface area contributed by atoms with E-state index in [1.54, 1.807) is 12.1 Å². The largest absolute Gasteiger partial charge is 0.470 e. The van der Waals surface area contributed by atoms with E-state index < -0.39 is 0 Å². The molecule has 0 unspecified atom stereocenters. The summed E-state index contributed by atoms with van der Waals surface area (Å²) in [5.41, 5.74) is 0.869. The third-order valence-electron chi connectivity index (χ3n) is 2.28. The van der Waals surface area contributed by atoms with E-state index in [1.165, 1.54) is 10.8 Å². The van der Waals surface area contributed by atoms with Gasteiger partial charge < -0.3 is 4.74 Å². The van der Waals surface area contributed by atoms with Gasteiger partial charge >= 0.3 is 0 Å². The Hall–Kier alpha value is -2.24. The van der Waals surface area contributed by atoms with Crippen molar-refractivity contribution in [3.05, 3.63) is 28.7 Å². The van der Waals surface area contributed by atoms with E-state index in [0.717, 1.165) is 0 Å². The third-order valence-corrected chi connectivity index (χ3v) is 2.28. The lowest BCUT2D eigenvalue weighted by Gasteiger charge is -2.07. The van der Waals surface area contributed by atoms with Crippen molar-refractivity contribution >= 4 is 17.5 Å².